The van der Waals surface area contributed by atoms with Crippen molar-refractivity contribution in [2.24, 2.45) is 5.92 Å². The third-order valence-electron chi connectivity index (χ3n) is 4.37. The molecule has 0 unspecified atom stereocenters. The molecule has 7 nitrogen and oxygen atoms in total. The van der Waals surface area contributed by atoms with E-state index in [9.17, 15) is 9.59 Å². The number of amides is 1. The minimum absolute atomic E-state index is 0.0914. The molecule has 0 N–H and O–H groups in total. The van der Waals surface area contributed by atoms with Gasteiger partial charge in [0, 0.05) is 31.0 Å². The zero-order valence-electron chi connectivity index (χ0n) is 19.7. The summed E-state index contributed by atoms with van der Waals surface area (Å²) < 4.78 is 16.7. The Morgan fingerprint density at radius 3 is 2.33 bits per heavy atom. The summed E-state index contributed by atoms with van der Waals surface area (Å²) in [6.45, 7) is 16.9. The first kappa shape index (κ1) is 26.4. The molecule has 0 fully saturated rings. The van der Waals surface area contributed by atoms with Gasteiger partial charge in [-0.15, -0.1) is 11.3 Å². The van der Waals surface area contributed by atoms with E-state index in [-0.39, 0.29) is 24.2 Å². The molecule has 0 radical (unpaired) electrons. The summed E-state index contributed by atoms with van der Waals surface area (Å²) in [6.07, 6.45) is 0.758. The number of carbonyl (C=O) groups is 2. The van der Waals surface area contributed by atoms with Crippen LogP contribution in [0.1, 0.15) is 89.8 Å². The number of thiazole rings is 1. The number of hydrogen-bond donors (Lipinski definition) is 0. The lowest BCUT2D eigenvalue weighted by molar-refractivity contribution is -0.00779. The molecule has 1 aromatic heterocycles. The Hall–Kier alpha value is -1.67. The third kappa shape index (κ3) is 8.22. The van der Waals surface area contributed by atoms with Gasteiger partial charge in [-0.25, -0.2) is 14.6 Å². The average Bonchev–Trinajstić information content (AvgIpc) is 3.12. The van der Waals surface area contributed by atoms with Gasteiger partial charge in [-0.1, -0.05) is 20.8 Å². The molecule has 0 aromatic carbocycles. The van der Waals surface area contributed by atoms with Crippen LogP contribution in [0, 0.1) is 5.92 Å². The Morgan fingerprint density at radius 1 is 1.17 bits per heavy atom. The van der Waals surface area contributed by atoms with Crippen molar-refractivity contribution in [2.45, 2.75) is 86.0 Å². The topological polar surface area (TPSA) is 78.0 Å². The molecule has 0 aliphatic carbocycles. The average molecular weight is 443 g/mol. The number of aromatic nitrogens is 1. The molecule has 1 rings (SSSR count). The molecule has 172 valence electrons. The summed E-state index contributed by atoms with van der Waals surface area (Å²) in [5.74, 6) is -0.242. The fourth-order valence-electron chi connectivity index (χ4n) is 3.11. The number of esters is 1. The first-order valence-corrected chi connectivity index (χ1v) is 11.7. The van der Waals surface area contributed by atoms with Crippen LogP contribution in [-0.4, -0.2) is 53.3 Å². The van der Waals surface area contributed by atoms with E-state index in [1.54, 1.807) is 12.3 Å². The van der Waals surface area contributed by atoms with E-state index in [0.717, 1.165) is 6.42 Å². The second-order valence-electron chi connectivity index (χ2n) is 8.46. The van der Waals surface area contributed by atoms with Gasteiger partial charge in [-0.2, -0.15) is 0 Å². The predicted octanol–water partition coefficient (Wildman–Crippen LogP) is 5.46. The summed E-state index contributed by atoms with van der Waals surface area (Å²) in [7, 11) is 0. The molecule has 1 amide bonds. The Bertz CT molecular complexity index is 669. The molecule has 2 atom stereocenters. The van der Waals surface area contributed by atoms with E-state index < -0.39 is 11.6 Å². The quantitative estimate of drug-likeness (QED) is 0.424. The van der Waals surface area contributed by atoms with E-state index in [2.05, 4.69) is 18.8 Å². The van der Waals surface area contributed by atoms with Crippen molar-refractivity contribution in [3.05, 3.63) is 16.1 Å². The molecule has 0 bridgehead atoms. The van der Waals surface area contributed by atoms with Crippen molar-refractivity contribution < 1.29 is 23.8 Å². The number of ether oxygens (including phenoxy) is 3. The lowest BCUT2D eigenvalue weighted by Gasteiger charge is -2.37. The van der Waals surface area contributed by atoms with Crippen LogP contribution < -0.4 is 0 Å². The van der Waals surface area contributed by atoms with Gasteiger partial charge < -0.3 is 19.1 Å². The van der Waals surface area contributed by atoms with Crippen molar-refractivity contribution >= 4 is 23.4 Å². The van der Waals surface area contributed by atoms with Crippen LogP contribution in [0.3, 0.4) is 0 Å². The van der Waals surface area contributed by atoms with Crippen molar-refractivity contribution in [3.63, 3.8) is 0 Å². The lowest BCUT2D eigenvalue weighted by atomic mass is 9.96. The molecule has 1 aromatic rings. The van der Waals surface area contributed by atoms with Gasteiger partial charge in [-0.3, -0.25) is 0 Å². The van der Waals surface area contributed by atoms with E-state index >= 15 is 0 Å². The van der Waals surface area contributed by atoms with Gasteiger partial charge >= 0.3 is 12.1 Å². The van der Waals surface area contributed by atoms with Crippen molar-refractivity contribution in [3.8, 4) is 0 Å². The Labute approximate surface area is 185 Å². The maximum atomic E-state index is 12.9. The predicted molar refractivity (Wildman–Crippen MR) is 119 cm³/mol. The van der Waals surface area contributed by atoms with Gasteiger partial charge in [0.1, 0.15) is 16.7 Å². The minimum atomic E-state index is -0.562. The number of hydrogen-bond acceptors (Lipinski definition) is 7. The maximum absolute atomic E-state index is 12.9. The smallest absolute Gasteiger partial charge is 0.410 e. The molecule has 0 aliphatic heterocycles. The van der Waals surface area contributed by atoms with E-state index in [0.29, 0.717) is 36.9 Å². The monoisotopic (exact) mass is 442 g/mol. The standard InChI is InChI=1S/C22H38N2O5S/c1-9-12-24(21(26)29-22(6,7)8)17(15(4)5)13-18(27-10-2)19-23-16(14-30-19)20(25)28-11-3/h14-15,17-18H,9-13H2,1-8H3/t17-,18+/m1/s1. The molecule has 8 heteroatoms. The summed E-state index contributed by atoms with van der Waals surface area (Å²) in [4.78, 5) is 31.2. The highest BCUT2D eigenvalue weighted by molar-refractivity contribution is 7.09. The van der Waals surface area contributed by atoms with Crippen LogP contribution in [-0.2, 0) is 14.2 Å². The van der Waals surface area contributed by atoms with Crippen LogP contribution in [0.2, 0.25) is 0 Å². The number of rotatable bonds is 11. The molecular weight excluding hydrogens is 404 g/mol. The van der Waals surface area contributed by atoms with Gasteiger partial charge in [0.2, 0.25) is 0 Å². The van der Waals surface area contributed by atoms with Crippen LogP contribution in [0.15, 0.2) is 5.38 Å². The van der Waals surface area contributed by atoms with Crippen LogP contribution >= 0.6 is 11.3 Å². The number of nitrogens with zero attached hydrogens (tertiary/aromatic N) is 2. The molecule has 0 saturated carbocycles. The van der Waals surface area contributed by atoms with Gasteiger partial charge in [0.15, 0.2) is 5.69 Å². The van der Waals surface area contributed by atoms with Gasteiger partial charge in [-0.05, 0) is 47.0 Å². The summed E-state index contributed by atoms with van der Waals surface area (Å²) in [6, 6.07) is -0.0914. The van der Waals surface area contributed by atoms with E-state index in [4.69, 9.17) is 14.2 Å². The maximum Gasteiger partial charge on any atom is 0.410 e. The fourth-order valence-corrected chi connectivity index (χ4v) is 3.96. The highest BCUT2D eigenvalue weighted by atomic mass is 32.1. The van der Waals surface area contributed by atoms with Crippen LogP contribution in [0.25, 0.3) is 0 Å². The molecule has 0 aliphatic rings. The zero-order valence-corrected chi connectivity index (χ0v) is 20.5. The largest absolute Gasteiger partial charge is 0.461 e. The first-order chi connectivity index (χ1) is 14.0. The summed E-state index contributed by atoms with van der Waals surface area (Å²) >= 11 is 1.38. The van der Waals surface area contributed by atoms with Crippen LogP contribution in [0.5, 0.6) is 0 Å². The number of carbonyl (C=O) groups excluding carboxylic acids is 2. The molecular formula is C22H38N2O5S. The second kappa shape index (κ2) is 12.2. The Kier molecular flexibility index (Phi) is 10.8. The normalized spacial score (nSPS) is 13.8. The molecule has 30 heavy (non-hydrogen) atoms. The van der Waals surface area contributed by atoms with Crippen molar-refractivity contribution in [1.82, 2.24) is 9.88 Å². The summed E-state index contributed by atoms with van der Waals surface area (Å²) in [5.41, 5.74) is -0.270. The lowest BCUT2D eigenvalue weighted by Crippen LogP contribution is -2.47. The van der Waals surface area contributed by atoms with Crippen molar-refractivity contribution in [2.75, 3.05) is 19.8 Å². The zero-order chi connectivity index (χ0) is 22.9. The first-order valence-electron chi connectivity index (χ1n) is 10.8. The van der Waals surface area contributed by atoms with Gasteiger partial charge in [0.25, 0.3) is 0 Å². The summed E-state index contributed by atoms with van der Waals surface area (Å²) in [5, 5.41) is 2.41. The fraction of sp³-hybridized carbons (Fsp3) is 0.773. The molecule has 0 spiro atoms. The SMILES string of the molecule is CCCN(C(=O)OC(C)(C)C)[C@H](C[C@H](OCC)c1nc(C(=O)OCC)cs1)C(C)C. The van der Waals surface area contributed by atoms with Crippen LogP contribution in [0.4, 0.5) is 4.79 Å². The highest BCUT2D eigenvalue weighted by Crippen LogP contribution is 2.31. The highest BCUT2D eigenvalue weighted by Gasteiger charge is 2.33. The third-order valence-corrected chi connectivity index (χ3v) is 5.30. The molecule has 1 heterocycles. The van der Waals surface area contributed by atoms with E-state index in [1.165, 1.54) is 11.3 Å². The second-order valence-corrected chi connectivity index (χ2v) is 9.35. The Balaban J connectivity index is 3.12. The van der Waals surface area contributed by atoms with Gasteiger partial charge in [0.05, 0.1) is 6.61 Å². The Morgan fingerprint density at radius 2 is 1.83 bits per heavy atom. The van der Waals surface area contributed by atoms with E-state index in [1.807, 2.05) is 39.5 Å². The van der Waals surface area contributed by atoms with Crippen molar-refractivity contribution in [1.29, 1.82) is 0 Å². The minimum Gasteiger partial charge on any atom is -0.461 e. The molecule has 0 saturated heterocycles.